The van der Waals surface area contributed by atoms with Crippen molar-refractivity contribution in [3.05, 3.63) is 12.7 Å². The van der Waals surface area contributed by atoms with Crippen LogP contribution in [0.3, 0.4) is 0 Å². The predicted octanol–water partition coefficient (Wildman–Crippen LogP) is 2.32. The first kappa shape index (κ1) is 11.7. The summed E-state index contributed by atoms with van der Waals surface area (Å²) >= 11 is 0. The molecule has 0 amide bonds. The number of unbranched alkanes of at least 4 members (excludes halogenated alkanes) is 1. The lowest BCUT2D eigenvalue weighted by molar-refractivity contribution is 0.220. The van der Waals surface area contributed by atoms with Crippen molar-refractivity contribution in [1.82, 2.24) is 5.01 Å². The predicted molar refractivity (Wildman–Crippen MR) is 54.7 cm³/mol. The molecule has 0 aromatic rings. The summed E-state index contributed by atoms with van der Waals surface area (Å²) in [6, 6.07) is 0.551. The third-order valence-electron chi connectivity index (χ3n) is 2.14. The molecule has 0 aliphatic heterocycles. The highest BCUT2D eigenvalue weighted by molar-refractivity contribution is 4.70. The van der Waals surface area contributed by atoms with Crippen LogP contribution in [0.4, 0.5) is 0 Å². The Labute approximate surface area is 76.4 Å². The van der Waals surface area contributed by atoms with Crippen molar-refractivity contribution in [3.8, 4) is 0 Å². The van der Waals surface area contributed by atoms with Gasteiger partial charge in [0.15, 0.2) is 0 Å². The number of rotatable bonds is 7. The zero-order valence-corrected chi connectivity index (χ0v) is 8.42. The summed E-state index contributed by atoms with van der Waals surface area (Å²) in [7, 11) is 1.95. The zero-order chi connectivity index (χ0) is 9.40. The molecule has 0 aliphatic carbocycles. The second kappa shape index (κ2) is 7.32. The first-order valence-electron chi connectivity index (χ1n) is 4.80. The van der Waals surface area contributed by atoms with Crippen LogP contribution in [0.1, 0.15) is 39.0 Å². The number of nitrogens with zero attached hydrogens (tertiary/aromatic N) is 1. The minimum Gasteiger partial charge on any atom is -0.269 e. The van der Waals surface area contributed by atoms with E-state index in [0.717, 1.165) is 6.42 Å². The molecule has 0 aromatic carbocycles. The van der Waals surface area contributed by atoms with Crippen molar-refractivity contribution in [2.24, 2.45) is 5.84 Å². The van der Waals surface area contributed by atoms with Gasteiger partial charge in [-0.3, -0.25) is 5.84 Å². The largest absolute Gasteiger partial charge is 0.269 e. The lowest BCUT2D eigenvalue weighted by atomic mass is 10.0. The maximum Gasteiger partial charge on any atom is 0.0238 e. The Hall–Kier alpha value is -0.340. The minimum atomic E-state index is 0.551. The van der Waals surface area contributed by atoms with E-state index in [9.17, 15) is 0 Å². The third kappa shape index (κ3) is 5.33. The van der Waals surface area contributed by atoms with Crippen molar-refractivity contribution < 1.29 is 0 Å². The van der Waals surface area contributed by atoms with Gasteiger partial charge in [0.1, 0.15) is 0 Å². The maximum atomic E-state index is 5.71. The molecule has 72 valence electrons. The van der Waals surface area contributed by atoms with Crippen LogP contribution >= 0.6 is 0 Å². The highest BCUT2D eigenvalue weighted by atomic mass is 15.4. The van der Waals surface area contributed by atoms with Crippen molar-refractivity contribution in [2.45, 2.75) is 45.1 Å². The van der Waals surface area contributed by atoms with E-state index in [1.54, 1.807) is 0 Å². The fraction of sp³-hybridized carbons (Fsp3) is 0.800. The molecule has 2 N–H and O–H groups in total. The van der Waals surface area contributed by atoms with Crippen LogP contribution in [0, 0.1) is 0 Å². The van der Waals surface area contributed by atoms with Crippen LogP contribution in [0.25, 0.3) is 0 Å². The standard InChI is InChI=1S/C10H22N2/c1-4-6-7-9-10(8-5-2)12(3)11/h4,10H,1,5-9,11H2,2-3H3. The van der Waals surface area contributed by atoms with Gasteiger partial charge in [0, 0.05) is 13.1 Å². The van der Waals surface area contributed by atoms with E-state index < -0.39 is 0 Å². The molecule has 12 heavy (non-hydrogen) atoms. The van der Waals surface area contributed by atoms with E-state index in [1.165, 1.54) is 25.7 Å². The lowest BCUT2D eigenvalue weighted by Gasteiger charge is -2.22. The Morgan fingerprint density at radius 2 is 2.17 bits per heavy atom. The molecule has 0 fully saturated rings. The molecule has 0 aliphatic rings. The normalized spacial score (nSPS) is 13.3. The molecule has 0 saturated carbocycles. The van der Waals surface area contributed by atoms with Gasteiger partial charge < -0.3 is 0 Å². The van der Waals surface area contributed by atoms with E-state index in [2.05, 4.69) is 13.5 Å². The molecule has 0 heterocycles. The van der Waals surface area contributed by atoms with Crippen molar-refractivity contribution in [3.63, 3.8) is 0 Å². The van der Waals surface area contributed by atoms with Crippen LogP contribution in [0.15, 0.2) is 12.7 Å². The third-order valence-corrected chi connectivity index (χ3v) is 2.14. The molecule has 0 aromatic heterocycles. The first-order chi connectivity index (χ1) is 5.72. The Kier molecular flexibility index (Phi) is 7.11. The Morgan fingerprint density at radius 3 is 2.58 bits per heavy atom. The summed E-state index contributed by atoms with van der Waals surface area (Å²) < 4.78 is 0. The molecule has 2 heteroatoms. The molecular weight excluding hydrogens is 148 g/mol. The molecule has 0 radical (unpaired) electrons. The van der Waals surface area contributed by atoms with Crippen molar-refractivity contribution in [2.75, 3.05) is 7.05 Å². The molecular formula is C10H22N2. The summed E-state index contributed by atoms with van der Waals surface area (Å²) in [5, 5.41) is 1.84. The zero-order valence-electron chi connectivity index (χ0n) is 8.42. The van der Waals surface area contributed by atoms with Gasteiger partial charge >= 0.3 is 0 Å². The molecule has 1 unspecified atom stereocenters. The summed E-state index contributed by atoms with van der Waals surface area (Å²) in [6.07, 6.45) is 7.88. The number of hydrogen-bond acceptors (Lipinski definition) is 2. The Balaban J connectivity index is 3.55. The van der Waals surface area contributed by atoms with Crippen molar-refractivity contribution in [1.29, 1.82) is 0 Å². The van der Waals surface area contributed by atoms with Crippen LogP contribution < -0.4 is 5.84 Å². The van der Waals surface area contributed by atoms with Gasteiger partial charge in [-0.15, -0.1) is 6.58 Å². The fourth-order valence-electron chi connectivity index (χ4n) is 1.38. The van der Waals surface area contributed by atoms with E-state index in [1.807, 2.05) is 18.1 Å². The Bertz CT molecular complexity index is 110. The summed E-state index contributed by atoms with van der Waals surface area (Å²) in [5.74, 6) is 5.71. The van der Waals surface area contributed by atoms with E-state index in [4.69, 9.17) is 5.84 Å². The second-order valence-corrected chi connectivity index (χ2v) is 3.33. The quantitative estimate of drug-likeness (QED) is 0.275. The Morgan fingerprint density at radius 1 is 1.50 bits per heavy atom. The number of allylic oxidation sites excluding steroid dienone is 1. The number of hydrazine groups is 1. The van der Waals surface area contributed by atoms with Gasteiger partial charge in [-0.1, -0.05) is 19.4 Å². The second-order valence-electron chi connectivity index (χ2n) is 3.33. The summed E-state index contributed by atoms with van der Waals surface area (Å²) in [4.78, 5) is 0. The first-order valence-corrected chi connectivity index (χ1v) is 4.80. The van der Waals surface area contributed by atoms with E-state index in [-0.39, 0.29) is 0 Å². The SMILES string of the molecule is C=CCCCC(CCC)N(C)N. The highest BCUT2D eigenvalue weighted by Crippen LogP contribution is 2.10. The molecule has 0 saturated heterocycles. The van der Waals surface area contributed by atoms with Crippen LogP contribution in [0.2, 0.25) is 0 Å². The average Bonchev–Trinajstić information content (AvgIpc) is 2.03. The van der Waals surface area contributed by atoms with Gasteiger partial charge in [0.2, 0.25) is 0 Å². The summed E-state index contributed by atoms with van der Waals surface area (Å²) in [5.41, 5.74) is 0. The molecule has 0 spiro atoms. The van der Waals surface area contributed by atoms with Gasteiger partial charge in [-0.05, 0) is 25.7 Å². The average molecular weight is 170 g/mol. The van der Waals surface area contributed by atoms with E-state index >= 15 is 0 Å². The van der Waals surface area contributed by atoms with Crippen LogP contribution in [-0.2, 0) is 0 Å². The van der Waals surface area contributed by atoms with Crippen LogP contribution in [0.5, 0.6) is 0 Å². The maximum absolute atomic E-state index is 5.71. The van der Waals surface area contributed by atoms with E-state index in [0.29, 0.717) is 6.04 Å². The monoisotopic (exact) mass is 170 g/mol. The van der Waals surface area contributed by atoms with Gasteiger partial charge in [0.05, 0.1) is 0 Å². The molecule has 0 bridgehead atoms. The highest BCUT2D eigenvalue weighted by Gasteiger charge is 2.08. The topological polar surface area (TPSA) is 29.3 Å². The molecule has 0 rings (SSSR count). The molecule has 2 nitrogen and oxygen atoms in total. The van der Waals surface area contributed by atoms with Crippen LogP contribution in [-0.4, -0.2) is 18.1 Å². The van der Waals surface area contributed by atoms with Gasteiger partial charge in [-0.2, -0.15) is 0 Å². The summed E-state index contributed by atoms with van der Waals surface area (Å²) in [6.45, 7) is 5.90. The fourth-order valence-corrected chi connectivity index (χ4v) is 1.38. The smallest absolute Gasteiger partial charge is 0.0238 e. The van der Waals surface area contributed by atoms with Gasteiger partial charge in [0.25, 0.3) is 0 Å². The molecule has 1 atom stereocenters. The van der Waals surface area contributed by atoms with Crippen molar-refractivity contribution >= 4 is 0 Å². The lowest BCUT2D eigenvalue weighted by Crippen LogP contribution is -2.37. The minimum absolute atomic E-state index is 0.551. The number of hydrogen-bond donors (Lipinski definition) is 1. The van der Waals surface area contributed by atoms with Gasteiger partial charge in [-0.25, -0.2) is 5.01 Å². The number of nitrogens with two attached hydrogens (primary N) is 1.